The van der Waals surface area contributed by atoms with Crippen LogP contribution in [0.5, 0.6) is 5.88 Å². The molecule has 2 aromatic heterocycles. The summed E-state index contributed by atoms with van der Waals surface area (Å²) in [4.78, 5) is 20.8. The maximum Gasteiger partial charge on any atom is 0.412 e. The van der Waals surface area contributed by atoms with Crippen LogP contribution in [0.25, 0.3) is 21.9 Å². The number of nitrogens with zero attached hydrogens (tertiary/aromatic N) is 3. The van der Waals surface area contributed by atoms with E-state index in [1.807, 2.05) is 0 Å². The highest BCUT2D eigenvalue weighted by atomic mass is 35.5. The van der Waals surface area contributed by atoms with Crippen molar-refractivity contribution >= 4 is 40.0 Å². The van der Waals surface area contributed by atoms with Crippen molar-refractivity contribution < 1.29 is 19.0 Å². The zero-order chi connectivity index (χ0) is 19.3. The molecule has 0 saturated heterocycles. The fraction of sp³-hybridized carbons (Fsp3) is 0.167. The van der Waals surface area contributed by atoms with Crippen LogP contribution in [0.2, 0.25) is 5.02 Å². The van der Waals surface area contributed by atoms with Gasteiger partial charge in [-0.1, -0.05) is 11.6 Å². The minimum absolute atomic E-state index is 0.0848. The number of ether oxygens (including phenoxy) is 1. The predicted molar refractivity (Wildman–Crippen MR) is 100.0 cm³/mol. The molecule has 1 aliphatic heterocycles. The average Bonchev–Trinajstić information content (AvgIpc) is 2.64. The zero-order valence-electron chi connectivity index (χ0n) is 14.2. The van der Waals surface area contributed by atoms with Crippen molar-refractivity contribution in [3.63, 3.8) is 0 Å². The molecule has 0 atom stereocenters. The van der Waals surface area contributed by atoms with E-state index in [2.05, 4.69) is 9.97 Å². The Morgan fingerprint density at radius 3 is 2.85 bits per heavy atom. The molecule has 0 fully saturated rings. The quantitative estimate of drug-likeness (QED) is 0.656. The van der Waals surface area contributed by atoms with Gasteiger partial charge >= 0.3 is 6.09 Å². The van der Waals surface area contributed by atoms with Crippen molar-refractivity contribution in [1.82, 2.24) is 9.97 Å². The molecule has 3 aromatic rings. The van der Waals surface area contributed by atoms with Crippen molar-refractivity contribution in [2.24, 2.45) is 0 Å². The van der Waals surface area contributed by atoms with E-state index in [9.17, 15) is 9.90 Å². The van der Waals surface area contributed by atoms with E-state index in [0.29, 0.717) is 27.6 Å². The van der Waals surface area contributed by atoms with Crippen LogP contribution >= 0.6 is 11.6 Å². The van der Waals surface area contributed by atoms with E-state index in [0.717, 1.165) is 4.90 Å². The monoisotopic (exact) mass is 388 g/mol. The summed E-state index contributed by atoms with van der Waals surface area (Å²) in [5.74, 6) is -0.160. The van der Waals surface area contributed by atoms with Crippen LogP contribution in [0.1, 0.15) is 5.56 Å². The van der Waals surface area contributed by atoms with Crippen molar-refractivity contribution in [2.75, 3.05) is 23.8 Å². The van der Waals surface area contributed by atoms with Crippen LogP contribution in [0.15, 0.2) is 24.5 Å². The second-order valence-electron chi connectivity index (χ2n) is 6.12. The Balaban J connectivity index is 1.98. The van der Waals surface area contributed by atoms with Gasteiger partial charge in [-0.05, 0) is 30.0 Å². The Morgan fingerprint density at radius 1 is 1.33 bits per heavy atom. The van der Waals surface area contributed by atoms with Gasteiger partial charge in [0.15, 0.2) is 0 Å². The molecule has 0 unspecified atom stereocenters. The predicted octanol–water partition coefficient (Wildman–Crippen LogP) is 3.86. The number of anilines is 2. The number of nitrogens with two attached hydrogens (primary N) is 1. The topological polar surface area (TPSA) is 102 Å². The Kier molecular flexibility index (Phi) is 4.00. The number of hydrogen-bond donors (Lipinski definition) is 2. The lowest BCUT2D eigenvalue weighted by molar-refractivity contribution is 0.196. The number of rotatable bonds is 1. The number of pyridine rings is 2. The molecule has 0 spiro atoms. The van der Waals surface area contributed by atoms with Crippen molar-refractivity contribution in [2.45, 2.75) is 6.92 Å². The maximum absolute atomic E-state index is 15.0. The first-order valence-corrected chi connectivity index (χ1v) is 8.42. The Labute approximate surface area is 158 Å². The Bertz CT molecular complexity index is 1110. The van der Waals surface area contributed by atoms with Crippen LogP contribution in [0.3, 0.4) is 0 Å². The van der Waals surface area contributed by atoms with E-state index in [4.69, 9.17) is 22.1 Å². The molecule has 1 amide bonds. The van der Waals surface area contributed by atoms with Gasteiger partial charge in [-0.3, -0.25) is 4.90 Å². The van der Waals surface area contributed by atoms with Gasteiger partial charge in [-0.2, -0.15) is 0 Å². The smallest absolute Gasteiger partial charge is 0.412 e. The summed E-state index contributed by atoms with van der Waals surface area (Å²) in [5, 5.41) is 10.4. The second kappa shape index (κ2) is 6.24. The minimum atomic E-state index is -1.13. The molecule has 138 valence electrons. The van der Waals surface area contributed by atoms with Crippen molar-refractivity contribution in [3.05, 3.63) is 40.9 Å². The molecule has 0 radical (unpaired) electrons. The van der Waals surface area contributed by atoms with Crippen LogP contribution < -0.4 is 15.4 Å². The van der Waals surface area contributed by atoms with Gasteiger partial charge in [0.05, 0.1) is 11.6 Å². The molecule has 1 aromatic carbocycles. The maximum atomic E-state index is 15.0. The first kappa shape index (κ1) is 17.3. The van der Waals surface area contributed by atoms with Crippen LogP contribution in [-0.4, -0.2) is 34.3 Å². The Hall–Kier alpha value is -3.13. The van der Waals surface area contributed by atoms with E-state index < -0.39 is 11.9 Å². The summed E-state index contributed by atoms with van der Waals surface area (Å²) in [7, 11) is 0. The van der Waals surface area contributed by atoms with Gasteiger partial charge < -0.3 is 15.6 Å². The number of carboxylic acid groups (broad SMARTS) is 1. The largest absolute Gasteiger partial charge is 0.474 e. The van der Waals surface area contributed by atoms with Gasteiger partial charge in [-0.25, -0.2) is 19.2 Å². The molecule has 3 heterocycles. The van der Waals surface area contributed by atoms with E-state index >= 15 is 4.39 Å². The first-order valence-electron chi connectivity index (χ1n) is 8.05. The third kappa shape index (κ3) is 2.69. The number of hydrogen-bond acceptors (Lipinski definition) is 5. The fourth-order valence-corrected chi connectivity index (χ4v) is 3.50. The third-order valence-corrected chi connectivity index (χ3v) is 4.91. The standard InChI is InChI=1S/C18H14ClFN4O3/c1-8-11(6-23-17-16(8)24(18(25)26)2-3-27-17)10-4-9-5-13(21)22-7-12(9)14(19)15(10)20/h4-7H,2-3H2,1H3,(H2,21,22)(H,25,26). The number of fused-ring (bicyclic) bond motifs is 2. The number of nitrogen functional groups attached to an aromatic ring is 1. The number of benzene rings is 1. The van der Waals surface area contributed by atoms with Crippen molar-refractivity contribution in [3.8, 4) is 17.0 Å². The summed E-state index contributed by atoms with van der Waals surface area (Å²) >= 11 is 6.20. The van der Waals surface area contributed by atoms with Gasteiger partial charge in [-0.15, -0.1) is 0 Å². The molecule has 0 aliphatic carbocycles. The lowest BCUT2D eigenvalue weighted by Gasteiger charge is -2.28. The lowest BCUT2D eigenvalue weighted by atomic mass is 9.97. The molecule has 27 heavy (non-hydrogen) atoms. The summed E-state index contributed by atoms with van der Waals surface area (Å²) in [6, 6.07) is 3.19. The highest BCUT2D eigenvalue weighted by Crippen LogP contribution is 2.41. The van der Waals surface area contributed by atoms with Crippen LogP contribution in [0, 0.1) is 12.7 Å². The minimum Gasteiger partial charge on any atom is -0.474 e. The molecule has 3 N–H and O–H groups in total. The van der Waals surface area contributed by atoms with Gasteiger partial charge in [0.1, 0.15) is 23.9 Å². The fourth-order valence-electron chi connectivity index (χ4n) is 3.24. The summed E-state index contributed by atoms with van der Waals surface area (Å²) in [6.07, 6.45) is 1.74. The number of carbonyl (C=O) groups is 1. The average molecular weight is 389 g/mol. The van der Waals surface area contributed by atoms with Gasteiger partial charge in [0.2, 0.25) is 5.88 Å². The lowest BCUT2D eigenvalue weighted by Crippen LogP contribution is -2.37. The number of amides is 1. The highest BCUT2D eigenvalue weighted by molar-refractivity contribution is 6.36. The SMILES string of the molecule is Cc1c(-c2cc3cc(N)ncc3c(Cl)c2F)cnc2c1N(C(=O)O)CCO2. The second-order valence-corrected chi connectivity index (χ2v) is 6.49. The number of halogens is 2. The third-order valence-electron chi connectivity index (χ3n) is 4.54. The van der Waals surface area contributed by atoms with E-state index in [1.54, 1.807) is 19.1 Å². The van der Waals surface area contributed by atoms with Crippen LogP contribution in [0.4, 0.5) is 20.7 Å². The first-order chi connectivity index (χ1) is 12.9. The summed E-state index contributed by atoms with van der Waals surface area (Å²) < 4.78 is 20.5. The normalized spacial score (nSPS) is 13.4. The molecular formula is C18H14ClFN4O3. The van der Waals surface area contributed by atoms with E-state index in [-0.39, 0.29) is 35.4 Å². The summed E-state index contributed by atoms with van der Waals surface area (Å²) in [6.45, 7) is 2.06. The zero-order valence-corrected chi connectivity index (χ0v) is 14.9. The molecule has 0 saturated carbocycles. The van der Waals surface area contributed by atoms with E-state index in [1.165, 1.54) is 12.4 Å². The molecular weight excluding hydrogens is 375 g/mol. The van der Waals surface area contributed by atoms with Gasteiger partial charge in [0.25, 0.3) is 0 Å². The molecule has 9 heteroatoms. The molecule has 4 rings (SSSR count). The van der Waals surface area contributed by atoms with Crippen LogP contribution in [-0.2, 0) is 0 Å². The Morgan fingerprint density at radius 2 is 2.11 bits per heavy atom. The van der Waals surface area contributed by atoms with Gasteiger partial charge in [0, 0.05) is 28.9 Å². The van der Waals surface area contributed by atoms with Crippen molar-refractivity contribution in [1.29, 1.82) is 0 Å². The number of aromatic nitrogens is 2. The molecule has 1 aliphatic rings. The highest BCUT2D eigenvalue weighted by Gasteiger charge is 2.29. The molecule has 7 nitrogen and oxygen atoms in total. The summed E-state index contributed by atoms with van der Waals surface area (Å²) in [5.41, 5.74) is 7.17. The molecule has 0 bridgehead atoms.